The van der Waals surface area contributed by atoms with Crippen molar-refractivity contribution < 1.29 is 4.74 Å². The summed E-state index contributed by atoms with van der Waals surface area (Å²) < 4.78 is 5.95. The lowest BCUT2D eigenvalue weighted by Crippen LogP contribution is -2.48. The van der Waals surface area contributed by atoms with Crippen molar-refractivity contribution in [2.75, 3.05) is 32.8 Å². The minimum Gasteiger partial charge on any atom is -0.377 e. The molecular formula is C16H32N2O. The number of ether oxygens (including phenoxy) is 1. The highest BCUT2D eigenvalue weighted by Gasteiger charge is 2.34. The summed E-state index contributed by atoms with van der Waals surface area (Å²) in [4.78, 5) is 2.63. The molecule has 1 unspecified atom stereocenters. The average molecular weight is 268 g/mol. The maximum Gasteiger partial charge on any atom is 0.0702 e. The van der Waals surface area contributed by atoms with Crippen molar-refractivity contribution in [3.05, 3.63) is 0 Å². The Morgan fingerprint density at radius 3 is 2.68 bits per heavy atom. The first kappa shape index (κ1) is 15.3. The van der Waals surface area contributed by atoms with Gasteiger partial charge in [0.15, 0.2) is 0 Å². The van der Waals surface area contributed by atoms with E-state index in [-0.39, 0.29) is 0 Å². The summed E-state index contributed by atoms with van der Waals surface area (Å²) in [5.41, 5.74) is 6.52. The molecule has 0 aromatic carbocycles. The van der Waals surface area contributed by atoms with E-state index in [1.54, 1.807) is 0 Å². The Labute approximate surface area is 118 Å². The largest absolute Gasteiger partial charge is 0.377 e. The molecule has 0 amide bonds. The number of piperidine rings is 1. The number of hydrogen-bond donors (Lipinski definition) is 1. The monoisotopic (exact) mass is 268 g/mol. The molecule has 1 aliphatic heterocycles. The van der Waals surface area contributed by atoms with Crippen molar-refractivity contribution in [1.29, 1.82) is 0 Å². The fourth-order valence-corrected chi connectivity index (χ4v) is 3.78. The van der Waals surface area contributed by atoms with E-state index in [0.717, 1.165) is 26.1 Å². The van der Waals surface area contributed by atoms with Gasteiger partial charge in [-0.1, -0.05) is 26.2 Å². The Kier molecular flexibility index (Phi) is 6.11. The van der Waals surface area contributed by atoms with Crippen LogP contribution in [0.5, 0.6) is 0 Å². The Bertz CT molecular complexity index is 251. The van der Waals surface area contributed by atoms with Gasteiger partial charge >= 0.3 is 0 Å². The van der Waals surface area contributed by atoms with Crippen molar-refractivity contribution in [2.24, 2.45) is 11.1 Å². The van der Waals surface area contributed by atoms with Crippen LogP contribution in [0.2, 0.25) is 0 Å². The summed E-state index contributed by atoms with van der Waals surface area (Å²) in [6.07, 6.45) is 10.9. The first-order valence-corrected chi connectivity index (χ1v) is 8.32. The molecule has 2 rings (SSSR count). The van der Waals surface area contributed by atoms with Crippen molar-refractivity contribution in [3.8, 4) is 0 Å². The van der Waals surface area contributed by atoms with Gasteiger partial charge in [0.1, 0.15) is 0 Å². The van der Waals surface area contributed by atoms with Gasteiger partial charge in [-0.2, -0.15) is 0 Å². The molecule has 1 aliphatic carbocycles. The minimum absolute atomic E-state index is 0.408. The van der Waals surface area contributed by atoms with Gasteiger partial charge < -0.3 is 15.4 Å². The second kappa shape index (κ2) is 7.61. The molecule has 1 saturated heterocycles. The Hall–Kier alpha value is -0.120. The Morgan fingerprint density at radius 2 is 2.00 bits per heavy atom. The van der Waals surface area contributed by atoms with Gasteiger partial charge in [-0.05, 0) is 50.6 Å². The lowest BCUT2D eigenvalue weighted by Gasteiger charge is -2.43. The van der Waals surface area contributed by atoms with E-state index in [0.29, 0.717) is 11.5 Å². The molecule has 0 bridgehead atoms. The standard InChI is InChI=1S/C16H32N2O/c1-2-11-19-15-7-6-10-18(12-15)14-16(13-17)8-4-3-5-9-16/h15H,2-14,17H2,1H3. The van der Waals surface area contributed by atoms with Crippen LogP contribution in [-0.2, 0) is 4.74 Å². The summed E-state index contributed by atoms with van der Waals surface area (Å²) in [7, 11) is 0. The lowest BCUT2D eigenvalue weighted by molar-refractivity contribution is -0.0152. The van der Waals surface area contributed by atoms with Gasteiger partial charge in [-0.15, -0.1) is 0 Å². The van der Waals surface area contributed by atoms with Gasteiger partial charge in [-0.3, -0.25) is 0 Å². The zero-order valence-electron chi connectivity index (χ0n) is 12.7. The predicted octanol–water partition coefficient (Wildman–Crippen LogP) is 2.79. The zero-order chi connectivity index (χ0) is 13.6. The first-order valence-electron chi connectivity index (χ1n) is 8.32. The SMILES string of the molecule is CCCOC1CCCN(CC2(CN)CCCCC2)C1. The number of nitrogens with two attached hydrogens (primary N) is 1. The molecule has 0 spiro atoms. The van der Waals surface area contributed by atoms with E-state index in [9.17, 15) is 0 Å². The molecule has 2 fully saturated rings. The third kappa shape index (κ3) is 4.44. The molecule has 0 aromatic heterocycles. The van der Waals surface area contributed by atoms with Crippen LogP contribution in [0, 0.1) is 5.41 Å². The van der Waals surface area contributed by atoms with Crippen molar-refractivity contribution in [1.82, 2.24) is 4.90 Å². The maximum absolute atomic E-state index is 6.11. The number of nitrogens with zero attached hydrogens (tertiary/aromatic N) is 1. The summed E-state index contributed by atoms with van der Waals surface area (Å²) in [6.45, 7) is 7.54. The van der Waals surface area contributed by atoms with E-state index in [4.69, 9.17) is 10.5 Å². The lowest BCUT2D eigenvalue weighted by atomic mass is 9.73. The summed E-state index contributed by atoms with van der Waals surface area (Å²) >= 11 is 0. The summed E-state index contributed by atoms with van der Waals surface area (Å²) in [5.74, 6) is 0. The van der Waals surface area contributed by atoms with Crippen LogP contribution in [0.3, 0.4) is 0 Å². The number of rotatable bonds is 6. The van der Waals surface area contributed by atoms with E-state index < -0.39 is 0 Å². The van der Waals surface area contributed by atoms with Gasteiger partial charge in [0.05, 0.1) is 6.10 Å². The molecule has 1 saturated carbocycles. The second-order valence-corrected chi connectivity index (χ2v) is 6.63. The first-order chi connectivity index (χ1) is 9.28. The van der Waals surface area contributed by atoms with Crippen LogP contribution in [0.4, 0.5) is 0 Å². The molecular weight excluding hydrogens is 236 g/mol. The normalized spacial score (nSPS) is 28.4. The third-order valence-corrected chi connectivity index (χ3v) is 4.93. The number of hydrogen-bond acceptors (Lipinski definition) is 3. The molecule has 3 heteroatoms. The van der Waals surface area contributed by atoms with Gasteiger partial charge in [-0.25, -0.2) is 0 Å². The van der Waals surface area contributed by atoms with Crippen LogP contribution >= 0.6 is 0 Å². The van der Waals surface area contributed by atoms with E-state index >= 15 is 0 Å². The molecule has 2 aliphatic rings. The average Bonchev–Trinajstić information content (AvgIpc) is 2.46. The van der Waals surface area contributed by atoms with Crippen LogP contribution in [-0.4, -0.2) is 43.8 Å². The molecule has 112 valence electrons. The third-order valence-electron chi connectivity index (χ3n) is 4.93. The Morgan fingerprint density at radius 1 is 1.21 bits per heavy atom. The van der Waals surface area contributed by atoms with Gasteiger partial charge in [0.25, 0.3) is 0 Å². The summed E-state index contributed by atoms with van der Waals surface area (Å²) in [6, 6.07) is 0. The van der Waals surface area contributed by atoms with Crippen molar-refractivity contribution in [3.63, 3.8) is 0 Å². The molecule has 2 N–H and O–H groups in total. The molecule has 19 heavy (non-hydrogen) atoms. The van der Waals surface area contributed by atoms with Crippen molar-refractivity contribution in [2.45, 2.75) is 64.4 Å². The van der Waals surface area contributed by atoms with Gasteiger partial charge in [0.2, 0.25) is 0 Å². The van der Waals surface area contributed by atoms with E-state index in [1.807, 2.05) is 0 Å². The molecule has 3 nitrogen and oxygen atoms in total. The van der Waals surface area contributed by atoms with E-state index in [1.165, 1.54) is 58.0 Å². The predicted molar refractivity (Wildman–Crippen MR) is 80.3 cm³/mol. The highest BCUT2D eigenvalue weighted by molar-refractivity contribution is 4.88. The highest BCUT2D eigenvalue weighted by atomic mass is 16.5. The second-order valence-electron chi connectivity index (χ2n) is 6.63. The molecule has 0 aromatic rings. The molecule has 1 heterocycles. The summed E-state index contributed by atoms with van der Waals surface area (Å²) in [5, 5.41) is 0. The Balaban J connectivity index is 1.83. The van der Waals surface area contributed by atoms with Crippen LogP contribution in [0.1, 0.15) is 58.3 Å². The topological polar surface area (TPSA) is 38.5 Å². The van der Waals surface area contributed by atoms with Crippen molar-refractivity contribution >= 4 is 0 Å². The fraction of sp³-hybridized carbons (Fsp3) is 1.00. The fourth-order valence-electron chi connectivity index (χ4n) is 3.78. The zero-order valence-corrected chi connectivity index (χ0v) is 12.7. The number of likely N-dealkylation sites (tertiary alicyclic amines) is 1. The maximum atomic E-state index is 6.11. The van der Waals surface area contributed by atoms with E-state index in [2.05, 4.69) is 11.8 Å². The molecule has 1 atom stereocenters. The molecule has 0 radical (unpaired) electrons. The minimum atomic E-state index is 0.408. The quantitative estimate of drug-likeness (QED) is 0.805. The van der Waals surface area contributed by atoms with Gasteiger partial charge in [0, 0.05) is 19.7 Å². The van der Waals surface area contributed by atoms with Crippen LogP contribution in [0.25, 0.3) is 0 Å². The van der Waals surface area contributed by atoms with Crippen LogP contribution < -0.4 is 5.73 Å². The smallest absolute Gasteiger partial charge is 0.0702 e. The van der Waals surface area contributed by atoms with Crippen LogP contribution in [0.15, 0.2) is 0 Å². The highest BCUT2D eigenvalue weighted by Crippen LogP contribution is 2.36.